The first-order valence-electron chi connectivity index (χ1n) is 6.60. The van der Waals surface area contributed by atoms with Crippen molar-refractivity contribution in [2.75, 3.05) is 11.9 Å². The number of rotatable bonds is 0. The molecule has 0 aliphatic carbocycles. The number of carbonyl (C=O) groups excluding carboxylic acids is 1. The monoisotopic (exact) mass is 333 g/mol. The number of amides is 1. The first-order valence-corrected chi connectivity index (χ1v) is 6.60. The highest BCUT2D eigenvalue weighted by Crippen LogP contribution is 2.47. The molecule has 23 heavy (non-hydrogen) atoms. The van der Waals surface area contributed by atoms with Crippen LogP contribution in [0, 0.1) is 29.4 Å². The maximum absolute atomic E-state index is 14.2. The fraction of sp³-hybridized carbons (Fsp3) is 0.400. The van der Waals surface area contributed by atoms with E-state index in [0.29, 0.717) is 6.07 Å². The lowest BCUT2D eigenvalue weighted by molar-refractivity contribution is -0.257. The molecule has 1 aromatic rings. The highest BCUT2D eigenvalue weighted by molar-refractivity contribution is 5.93. The molecule has 0 saturated heterocycles. The Balaban J connectivity index is 2.85. The van der Waals surface area contributed by atoms with Crippen LogP contribution in [0.25, 0.3) is 0 Å². The Morgan fingerprint density at radius 1 is 1.30 bits per heavy atom. The maximum Gasteiger partial charge on any atom is 0.433 e. The van der Waals surface area contributed by atoms with Gasteiger partial charge >= 0.3 is 6.18 Å². The Kier molecular flexibility index (Phi) is 4.35. The van der Waals surface area contributed by atoms with E-state index in [1.807, 2.05) is 5.92 Å². The normalized spacial score (nSPS) is 21.1. The zero-order valence-electron chi connectivity index (χ0n) is 12.1. The molecular formula is C15H12F5NO2. The van der Waals surface area contributed by atoms with Gasteiger partial charge in [0.25, 0.3) is 5.60 Å². The zero-order chi connectivity index (χ0) is 17.4. The fourth-order valence-electron chi connectivity index (χ4n) is 2.07. The van der Waals surface area contributed by atoms with E-state index >= 15 is 0 Å². The van der Waals surface area contributed by atoms with Gasteiger partial charge in [0.15, 0.2) is 11.6 Å². The minimum absolute atomic E-state index is 0.482. The van der Waals surface area contributed by atoms with E-state index in [1.165, 1.54) is 13.8 Å². The highest BCUT2D eigenvalue weighted by Gasteiger charge is 2.60. The number of fused-ring (bicyclic) bond motifs is 1. The SMILES string of the molecule is CC(C)C#CC1(C(F)(F)F)OCC(=O)Nc2ccc(F)c(F)c21. The van der Waals surface area contributed by atoms with Crippen LogP contribution >= 0.6 is 0 Å². The van der Waals surface area contributed by atoms with Gasteiger partial charge in [-0.05, 0) is 12.1 Å². The third-order valence-electron chi connectivity index (χ3n) is 3.08. The van der Waals surface area contributed by atoms with Crippen molar-refractivity contribution in [2.45, 2.75) is 25.6 Å². The maximum atomic E-state index is 14.2. The third-order valence-corrected chi connectivity index (χ3v) is 3.08. The molecule has 1 aliphatic rings. The molecule has 1 atom stereocenters. The molecule has 1 aromatic carbocycles. The topological polar surface area (TPSA) is 38.3 Å². The molecule has 2 rings (SSSR count). The van der Waals surface area contributed by atoms with Gasteiger partial charge in [-0.2, -0.15) is 13.2 Å². The van der Waals surface area contributed by atoms with E-state index in [4.69, 9.17) is 0 Å². The summed E-state index contributed by atoms with van der Waals surface area (Å²) < 4.78 is 73.4. The molecule has 1 unspecified atom stereocenters. The number of nitrogens with one attached hydrogen (secondary N) is 1. The van der Waals surface area contributed by atoms with Gasteiger partial charge in [0.2, 0.25) is 5.91 Å². The average molecular weight is 333 g/mol. The summed E-state index contributed by atoms with van der Waals surface area (Å²) in [4.78, 5) is 11.5. The van der Waals surface area contributed by atoms with E-state index in [-0.39, 0.29) is 0 Å². The lowest BCUT2D eigenvalue weighted by atomic mass is 9.90. The molecule has 8 heteroatoms. The second-order valence-corrected chi connectivity index (χ2v) is 5.22. The summed E-state index contributed by atoms with van der Waals surface area (Å²) in [7, 11) is 0. The predicted octanol–water partition coefficient (Wildman–Crippen LogP) is 3.35. The molecule has 0 fully saturated rings. The number of hydrogen-bond donors (Lipinski definition) is 1. The summed E-state index contributed by atoms with van der Waals surface area (Å²) in [5, 5.41) is 2.07. The molecule has 0 radical (unpaired) electrons. The molecule has 124 valence electrons. The minimum Gasteiger partial charge on any atom is -0.340 e. The van der Waals surface area contributed by atoms with Crippen molar-refractivity contribution in [3.8, 4) is 11.8 Å². The van der Waals surface area contributed by atoms with Crippen molar-refractivity contribution < 1.29 is 31.5 Å². The van der Waals surface area contributed by atoms with Crippen LogP contribution in [0.4, 0.5) is 27.6 Å². The van der Waals surface area contributed by atoms with Crippen molar-refractivity contribution in [2.24, 2.45) is 5.92 Å². The van der Waals surface area contributed by atoms with Gasteiger partial charge in [0, 0.05) is 5.92 Å². The number of anilines is 1. The summed E-state index contributed by atoms with van der Waals surface area (Å²) in [6.45, 7) is 2.06. The van der Waals surface area contributed by atoms with E-state index in [9.17, 15) is 26.7 Å². The molecule has 0 bridgehead atoms. The molecule has 0 aromatic heterocycles. The second-order valence-electron chi connectivity index (χ2n) is 5.22. The average Bonchev–Trinajstić information content (AvgIpc) is 2.57. The Morgan fingerprint density at radius 3 is 2.52 bits per heavy atom. The van der Waals surface area contributed by atoms with E-state index in [2.05, 4.69) is 16.0 Å². The molecular weight excluding hydrogens is 321 g/mol. The molecule has 3 nitrogen and oxygen atoms in total. The molecule has 1 N–H and O–H groups in total. The Morgan fingerprint density at radius 2 is 1.96 bits per heavy atom. The predicted molar refractivity (Wildman–Crippen MR) is 71.3 cm³/mol. The third kappa shape index (κ3) is 3.01. The van der Waals surface area contributed by atoms with Crippen LogP contribution in [0.1, 0.15) is 19.4 Å². The van der Waals surface area contributed by atoms with Crippen LogP contribution in [-0.4, -0.2) is 18.7 Å². The minimum atomic E-state index is -5.19. The van der Waals surface area contributed by atoms with Gasteiger partial charge < -0.3 is 10.1 Å². The quantitative estimate of drug-likeness (QED) is 0.584. The zero-order valence-corrected chi connectivity index (χ0v) is 12.1. The van der Waals surface area contributed by atoms with E-state index in [1.54, 1.807) is 0 Å². The summed E-state index contributed by atoms with van der Waals surface area (Å²) in [6, 6.07) is 1.47. The van der Waals surface area contributed by atoms with Gasteiger partial charge in [0.05, 0.1) is 11.3 Å². The Bertz CT molecular complexity index is 702. The van der Waals surface area contributed by atoms with Crippen LogP contribution in [0.3, 0.4) is 0 Å². The molecule has 1 heterocycles. The summed E-state index contributed by atoms with van der Waals surface area (Å²) >= 11 is 0. The van der Waals surface area contributed by atoms with E-state index < -0.39 is 53.1 Å². The van der Waals surface area contributed by atoms with Crippen molar-refractivity contribution in [1.29, 1.82) is 0 Å². The molecule has 1 aliphatic heterocycles. The smallest absolute Gasteiger partial charge is 0.340 e. The van der Waals surface area contributed by atoms with Crippen LogP contribution in [0.15, 0.2) is 12.1 Å². The van der Waals surface area contributed by atoms with Crippen molar-refractivity contribution >= 4 is 11.6 Å². The Hall–Kier alpha value is -2.14. The number of carbonyl (C=O) groups is 1. The first-order chi connectivity index (χ1) is 10.6. The van der Waals surface area contributed by atoms with Gasteiger partial charge in [-0.1, -0.05) is 25.7 Å². The van der Waals surface area contributed by atoms with Crippen LogP contribution in [0.2, 0.25) is 0 Å². The lowest BCUT2D eigenvalue weighted by Gasteiger charge is -2.31. The Labute approximate surface area is 128 Å². The largest absolute Gasteiger partial charge is 0.433 e. The van der Waals surface area contributed by atoms with Crippen molar-refractivity contribution in [1.82, 2.24) is 0 Å². The first kappa shape index (κ1) is 17.2. The van der Waals surface area contributed by atoms with E-state index in [0.717, 1.165) is 6.07 Å². The van der Waals surface area contributed by atoms with Crippen molar-refractivity contribution in [3.05, 3.63) is 29.3 Å². The van der Waals surface area contributed by atoms with Gasteiger partial charge in [0.1, 0.15) is 6.61 Å². The number of ether oxygens (including phenoxy) is 1. The van der Waals surface area contributed by atoms with Crippen LogP contribution in [-0.2, 0) is 15.1 Å². The number of benzene rings is 1. The van der Waals surface area contributed by atoms with Gasteiger partial charge in [-0.3, -0.25) is 4.79 Å². The number of halogens is 5. The van der Waals surface area contributed by atoms with Crippen LogP contribution in [0.5, 0.6) is 0 Å². The van der Waals surface area contributed by atoms with Crippen molar-refractivity contribution in [3.63, 3.8) is 0 Å². The standard InChI is InChI=1S/C15H12F5NO2/c1-8(2)5-6-14(15(18,19)20)12-10(21-11(22)7-23-14)4-3-9(16)13(12)17/h3-4,8H,7H2,1-2H3,(H,21,22). The molecule has 0 spiro atoms. The molecule has 0 saturated carbocycles. The second kappa shape index (κ2) is 5.81. The number of hydrogen-bond acceptors (Lipinski definition) is 2. The highest BCUT2D eigenvalue weighted by atomic mass is 19.4. The van der Waals surface area contributed by atoms with Crippen LogP contribution < -0.4 is 5.32 Å². The number of alkyl halides is 3. The van der Waals surface area contributed by atoms with Gasteiger partial charge in [-0.15, -0.1) is 0 Å². The summed E-state index contributed by atoms with van der Waals surface area (Å²) in [5.41, 5.74) is -5.14. The fourth-order valence-corrected chi connectivity index (χ4v) is 2.07. The summed E-state index contributed by atoms with van der Waals surface area (Å²) in [5.74, 6) is -0.531. The van der Waals surface area contributed by atoms with Gasteiger partial charge in [-0.25, -0.2) is 8.78 Å². The molecule has 1 amide bonds. The summed E-state index contributed by atoms with van der Waals surface area (Å²) in [6.07, 6.45) is -5.19. The lowest BCUT2D eigenvalue weighted by Crippen LogP contribution is -2.45.